The minimum Gasteiger partial charge on any atom is -0.480 e. The average molecular weight is 206 g/mol. The molecule has 0 amide bonds. The van der Waals surface area contributed by atoms with Gasteiger partial charge in [0.1, 0.15) is 6.04 Å². The Morgan fingerprint density at radius 1 is 1.60 bits per heavy atom. The summed E-state index contributed by atoms with van der Waals surface area (Å²) in [6, 6.07) is 1.14. The number of furan rings is 1. The zero-order valence-electron chi connectivity index (χ0n) is 8.12. The van der Waals surface area contributed by atoms with Crippen LogP contribution < -0.4 is 0 Å². The van der Waals surface area contributed by atoms with E-state index in [0.717, 1.165) is 11.1 Å². The number of rotatable bonds is 3. The van der Waals surface area contributed by atoms with Crippen molar-refractivity contribution in [2.24, 2.45) is 0 Å². The van der Waals surface area contributed by atoms with Crippen molar-refractivity contribution in [1.82, 2.24) is 9.78 Å². The molecule has 15 heavy (non-hydrogen) atoms. The van der Waals surface area contributed by atoms with Crippen LogP contribution in [0.2, 0.25) is 0 Å². The molecule has 0 saturated heterocycles. The predicted molar refractivity (Wildman–Crippen MR) is 52.3 cm³/mol. The van der Waals surface area contributed by atoms with Crippen molar-refractivity contribution in [1.29, 1.82) is 0 Å². The van der Waals surface area contributed by atoms with Gasteiger partial charge in [-0.25, -0.2) is 4.79 Å². The Morgan fingerprint density at radius 2 is 2.40 bits per heavy atom. The third kappa shape index (κ3) is 1.76. The smallest absolute Gasteiger partial charge is 0.328 e. The molecule has 2 aromatic rings. The molecule has 2 aromatic heterocycles. The highest BCUT2D eigenvalue weighted by Gasteiger charge is 2.14. The van der Waals surface area contributed by atoms with Gasteiger partial charge < -0.3 is 9.52 Å². The number of nitrogens with zero attached hydrogens (tertiary/aromatic N) is 2. The lowest BCUT2D eigenvalue weighted by Gasteiger charge is -2.04. The summed E-state index contributed by atoms with van der Waals surface area (Å²) in [5, 5.41) is 12.8. The van der Waals surface area contributed by atoms with Crippen LogP contribution in [0.4, 0.5) is 0 Å². The number of hydrogen-bond acceptors (Lipinski definition) is 3. The van der Waals surface area contributed by atoms with Gasteiger partial charge in [0.2, 0.25) is 0 Å². The topological polar surface area (TPSA) is 68.3 Å². The third-order valence-corrected chi connectivity index (χ3v) is 2.21. The molecule has 2 rings (SSSR count). The van der Waals surface area contributed by atoms with E-state index in [0.29, 0.717) is 0 Å². The van der Waals surface area contributed by atoms with E-state index in [4.69, 9.17) is 9.52 Å². The zero-order chi connectivity index (χ0) is 10.8. The molecule has 1 N–H and O–H groups in total. The summed E-state index contributed by atoms with van der Waals surface area (Å²) >= 11 is 0. The number of carboxylic acid groups (broad SMARTS) is 1. The van der Waals surface area contributed by atoms with Crippen molar-refractivity contribution in [3.8, 4) is 11.1 Å². The van der Waals surface area contributed by atoms with Gasteiger partial charge in [0.05, 0.1) is 18.7 Å². The fraction of sp³-hybridized carbons (Fsp3) is 0.200. The van der Waals surface area contributed by atoms with Gasteiger partial charge in [-0.2, -0.15) is 5.10 Å². The Kier molecular flexibility index (Phi) is 2.29. The average Bonchev–Trinajstić information content (AvgIpc) is 2.86. The molecule has 78 valence electrons. The number of carbonyl (C=O) groups is 1. The highest BCUT2D eigenvalue weighted by Crippen LogP contribution is 2.20. The first-order chi connectivity index (χ1) is 7.18. The van der Waals surface area contributed by atoms with E-state index in [2.05, 4.69) is 5.10 Å². The van der Waals surface area contributed by atoms with E-state index in [1.165, 1.54) is 4.68 Å². The zero-order valence-corrected chi connectivity index (χ0v) is 8.12. The molecule has 0 aromatic carbocycles. The van der Waals surface area contributed by atoms with Gasteiger partial charge >= 0.3 is 5.97 Å². The Labute approximate surface area is 85.9 Å². The predicted octanol–water partition coefficient (Wildman–Crippen LogP) is 1.79. The molecule has 0 aliphatic heterocycles. The fourth-order valence-electron chi connectivity index (χ4n) is 1.24. The second-order valence-electron chi connectivity index (χ2n) is 3.24. The van der Waals surface area contributed by atoms with Crippen LogP contribution in [0.3, 0.4) is 0 Å². The minimum absolute atomic E-state index is 0.661. The van der Waals surface area contributed by atoms with Gasteiger partial charge in [-0.1, -0.05) is 0 Å². The van der Waals surface area contributed by atoms with Crippen molar-refractivity contribution >= 4 is 5.97 Å². The van der Waals surface area contributed by atoms with Crippen molar-refractivity contribution < 1.29 is 14.3 Å². The third-order valence-electron chi connectivity index (χ3n) is 2.21. The van der Waals surface area contributed by atoms with E-state index in [9.17, 15) is 4.79 Å². The fourth-order valence-corrected chi connectivity index (χ4v) is 1.24. The number of aliphatic carboxylic acids is 1. The summed E-state index contributed by atoms with van der Waals surface area (Å²) in [4.78, 5) is 10.7. The van der Waals surface area contributed by atoms with Gasteiger partial charge in [0.25, 0.3) is 0 Å². The summed E-state index contributed by atoms with van der Waals surface area (Å²) in [5.74, 6) is -0.906. The number of hydrogen-bond donors (Lipinski definition) is 1. The normalized spacial score (nSPS) is 12.6. The molecule has 5 nitrogen and oxygen atoms in total. The van der Waals surface area contributed by atoms with E-state index in [-0.39, 0.29) is 0 Å². The second-order valence-corrected chi connectivity index (χ2v) is 3.24. The first-order valence-electron chi connectivity index (χ1n) is 4.48. The van der Waals surface area contributed by atoms with Crippen LogP contribution in [0.15, 0.2) is 35.4 Å². The van der Waals surface area contributed by atoms with Crippen LogP contribution in [-0.4, -0.2) is 20.9 Å². The molecule has 0 radical (unpaired) electrons. The van der Waals surface area contributed by atoms with Crippen molar-refractivity contribution in [3.05, 3.63) is 31.0 Å². The van der Waals surface area contributed by atoms with Gasteiger partial charge in [-0.3, -0.25) is 4.68 Å². The first kappa shape index (κ1) is 9.51. The van der Waals surface area contributed by atoms with Gasteiger partial charge in [0, 0.05) is 17.3 Å². The van der Waals surface area contributed by atoms with Gasteiger partial charge in [0.15, 0.2) is 0 Å². The van der Waals surface area contributed by atoms with Crippen molar-refractivity contribution in [3.63, 3.8) is 0 Å². The second kappa shape index (κ2) is 3.61. The van der Waals surface area contributed by atoms with Crippen molar-refractivity contribution in [2.75, 3.05) is 0 Å². The molecule has 1 atom stereocenters. The van der Waals surface area contributed by atoms with Crippen LogP contribution in [0.5, 0.6) is 0 Å². The Balaban J connectivity index is 2.28. The van der Waals surface area contributed by atoms with E-state index in [1.807, 2.05) is 0 Å². The molecule has 0 saturated carbocycles. The van der Waals surface area contributed by atoms with Crippen LogP contribution in [0, 0.1) is 0 Å². The molecule has 0 fully saturated rings. The van der Waals surface area contributed by atoms with Crippen LogP contribution in [0.25, 0.3) is 11.1 Å². The molecule has 0 bridgehead atoms. The SMILES string of the molecule is C[C@H](C(=O)O)n1cc(-c2ccoc2)cn1. The summed E-state index contributed by atoms with van der Waals surface area (Å²) in [6.45, 7) is 1.58. The lowest BCUT2D eigenvalue weighted by molar-refractivity contribution is -0.140. The number of aromatic nitrogens is 2. The quantitative estimate of drug-likeness (QED) is 0.831. The summed E-state index contributed by atoms with van der Waals surface area (Å²) in [7, 11) is 0. The summed E-state index contributed by atoms with van der Waals surface area (Å²) in [5.41, 5.74) is 1.73. The molecule has 0 aliphatic rings. The molecule has 0 unspecified atom stereocenters. The van der Waals surface area contributed by atoms with E-state index < -0.39 is 12.0 Å². The maximum absolute atomic E-state index is 10.7. The highest BCUT2D eigenvalue weighted by atomic mass is 16.4. The van der Waals surface area contributed by atoms with Gasteiger partial charge in [-0.15, -0.1) is 0 Å². The molecule has 0 spiro atoms. The lowest BCUT2D eigenvalue weighted by Crippen LogP contribution is -2.15. The largest absolute Gasteiger partial charge is 0.480 e. The Bertz CT molecular complexity index is 459. The first-order valence-corrected chi connectivity index (χ1v) is 4.48. The number of carboxylic acids is 1. The van der Waals surface area contributed by atoms with Gasteiger partial charge in [-0.05, 0) is 13.0 Å². The Morgan fingerprint density at radius 3 is 3.00 bits per heavy atom. The summed E-state index contributed by atoms with van der Waals surface area (Å²) < 4.78 is 6.34. The molecule has 2 heterocycles. The van der Waals surface area contributed by atoms with Crippen LogP contribution >= 0.6 is 0 Å². The van der Waals surface area contributed by atoms with E-state index in [1.54, 1.807) is 37.9 Å². The maximum atomic E-state index is 10.7. The molecular weight excluding hydrogens is 196 g/mol. The van der Waals surface area contributed by atoms with Crippen molar-refractivity contribution in [2.45, 2.75) is 13.0 Å². The molecular formula is C10H10N2O3. The Hall–Kier alpha value is -2.04. The van der Waals surface area contributed by atoms with Crippen LogP contribution in [0.1, 0.15) is 13.0 Å². The monoisotopic (exact) mass is 206 g/mol. The minimum atomic E-state index is -0.906. The standard InChI is InChI=1S/C10H10N2O3/c1-7(10(13)14)12-5-9(4-11-12)8-2-3-15-6-8/h2-7H,1H3,(H,13,14)/t7-/m1/s1. The van der Waals surface area contributed by atoms with E-state index >= 15 is 0 Å². The molecule has 5 heteroatoms. The lowest BCUT2D eigenvalue weighted by atomic mass is 10.2. The summed E-state index contributed by atoms with van der Waals surface area (Å²) in [6.07, 6.45) is 6.45. The maximum Gasteiger partial charge on any atom is 0.328 e. The molecule has 0 aliphatic carbocycles. The van der Waals surface area contributed by atoms with Crippen LogP contribution in [-0.2, 0) is 4.79 Å². The highest BCUT2D eigenvalue weighted by molar-refractivity contribution is 5.71.